The molecule has 0 aliphatic carbocycles. The van der Waals surface area contributed by atoms with Crippen LogP contribution in [0.15, 0.2) is 0 Å². The maximum atomic E-state index is 10.8. The lowest BCUT2D eigenvalue weighted by atomic mass is 10.3. The van der Waals surface area contributed by atoms with Crippen molar-refractivity contribution in [1.29, 1.82) is 0 Å². The molecule has 4 nitrogen and oxygen atoms in total. The van der Waals surface area contributed by atoms with Gasteiger partial charge < -0.3 is 9.47 Å². The average Bonchev–Trinajstić information content (AvgIpc) is 2.08. The van der Waals surface area contributed by atoms with E-state index in [1.54, 1.807) is 0 Å². The maximum absolute atomic E-state index is 10.8. The molecule has 2 unspecified atom stereocenters. The van der Waals surface area contributed by atoms with Crippen molar-refractivity contribution in [1.82, 2.24) is 0 Å². The molecule has 2 atom stereocenters. The maximum Gasteiger partial charge on any atom is 0.362 e. The number of rotatable bonds is 0. The zero-order valence-electron chi connectivity index (χ0n) is 5.94. The van der Waals surface area contributed by atoms with Gasteiger partial charge in [0.1, 0.15) is 0 Å². The van der Waals surface area contributed by atoms with E-state index in [9.17, 15) is 9.59 Å². The van der Waals surface area contributed by atoms with Gasteiger partial charge in [-0.2, -0.15) is 0 Å². The molecular formula is C8H4O4. The van der Waals surface area contributed by atoms with Gasteiger partial charge in [0.25, 0.3) is 12.2 Å². The monoisotopic (exact) mass is 164 g/mol. The van der Waals surface area contributed by atoms with Crippen LogP contribution in [-0.4, -0.2) is 24.1 Å². The fraction of sp³-hybridized carbons (Fsp3) is 0.250. The highest BCUT2D eigenvalue weighted by atomic mass is 16.6. The van der Waals surface area contributed by atoms with Crippen LogP contribution in [-0.2, 0) is 19.1 Å². The number of esters is 2. The lowest BCUT2D eigenvalue weighted by molar-refractivity contribution is -0.185. The normalized spacial score (nSPS) is 27.8. The number of hydrogen-bond acceptors (Lipinski definition) is 4. The largest absolute Gasteiger partial charge is 0.433 e. The summed E-state index contributed by atoms with van der Waals surface area (Å²) in [6.45, 7) is 0. The topological polar surface area (TPSA) is 52.6 Å². The average molecular weight is 164 g/mol. The predicted octanol–water partition coefficient (Wildman–Crippen LogP) is -0.910. The Morgan fingerprint density at radius 3 is 1.58 bits per heavy atom. The first-order chi connectivity index (χ1) is 5.69. The Morgan fingerprint density at radius 2 is 1.33 bits per heavy atom. The first kappa shape index (κ1) is 8.16. The number of carbonyl (C=O) groups excluding carboxylic acids is 2. The van der Waals surface area contributed by atoms with E-state index in [0.29, 0.717) is 0 Å². The van der Waals surface area contributed by atoms with Crippen LogP contribution in [0.1, 0.15) is 0 Å². The first-order valence-electron chi connectivity index (χ1n) is 3.02. The van der Waals surface area contributed by atoms with Gasteiger partial charge >= 0.3 is 11.9 Å². The molecule has 12 heavy (non-hydrogen) atoms. The summed E-state index contributed by atoms with van der Waals surface area (Å²) in [6, 6.07) is 0. The summed E-state index contributed by atoms with van der Waals surface area (Å²) in [6.07, 6.45) is 7.20. The van der Waals surface area contributed by atoms with Gasteiger partial charge in [-0.05, 0) is 0 Å². The van der Waals surface area contributed by atoms with E-state index in [1.807, 2.05) is 11.8 Å². The van der Waals surface area contributed by atoms with Gasteiger partial charge in [0.15, 0.2) is 0 Å². The fourth-order valence-electron chi connectivity index (χ4n) is 0.656. The van der Waals surface area contributed by atoms with E-state index in [1.165, 1.54) is 0 Å². The van der Waals surface area contributed by atoms with Gasteiger partial charge in [0.05, 0.1) is 0 Å². The van der Waals surface area contributed by atoms with Gasteiger partial charge in [-0.15, -0.1) is 12.8 Å². The van der Waals surface area contributed by atoms with E-state index in [4.69, 9.17) is 12.8 Å². The van der Waals surface area contributed by atoms with Crippen molar-refractivity contribution in [3.8, 4) is 24.7 Å². The van der Waals surface area contributed by atoms with E-state index < -0.39 is 24.1 Å². The van der Waals surface area contributed by atoms with Gasteiger partial charge in [0.2, 0.25) is 0 Å². The minimum atomic E-state index is -1.26. The Hall–Kier alpha value is -1.94. The highest BCUT2D eigenvalue weighted by molar-refractivity contribution is 5.91. The Kier molecular flexibility index (Phi) is 2.02. The summed E-state index contributed by atoms with van der Waals surface area (Å²) < 4.78 is 8.92. The summed E-state index contributed by atoms with van der Waals surface area (Å²) in [5, 5.41) is 0. The minimum absolute atomic E-state index is 0.806. The van der Waals surface area contributed by atoms with E-state index in [-0.39, 0.29) is 0 Å². The molecule has 1 aliphatic rings. The summed E-state index contributed by atoms with van der Waals surface area (Å²) in [7, 11) is 0. The number of hydrogen-bond donors (Lipinski definition) is 0. The van der Waals surface area contributed by atoms with Gasteiger partial charge in [-0.3, -0.25) is 0 Å². The third-order valence-corrected chi connectivity index (χ3v) is 1.20. The lowest BCUT2D eigenvalue weighted by Gasteiger charge is -2.20. The zero-order valence-corrected chi connectivity index (χ0v) is 5.94. The molecule has 60 valence electrons. The molecule has 1 heterocycles. The molecule has 0 spiro atoms. The molecule has 1 aliphatic heterocycles. The van der Waals surface area contributed by atoms with Crippen LogP contribution < -0.4 is 0 Å². The molecule has 4 heteroatoms. The molecule has 0 aromatic rings. The Balaban J connectivity index is 2.78. The number of carbonyl (C=O) groups is 2. The van der Waals surface area contributed by atoms with Crippen LogP contribution in [0.4, 0.5) is 0 Å². The molecule has 0 saturated carbocycles. The summed E-state index contributed by atoms with van der Waals surface area (Å²) in [5.41, 5.74) is 0. The van der Waals surface area contributed by atoms with Crippen molar-refractivity contribution < 1.29 is 19.1 Å². The second kappa shape index (κ2) is 2.98. The third-order valence-electron chi connectivity index (χ3n) is 1.20. The van der Waals surface area contributed by atoms with Crippen molar-refractivity contribution in [3.63, 3.8) is 0 Å². The van der Waals surface area contributed by atoms with Crippen LogP contribution in [0.5, 0.6) is 0 Å². The van der Waals surface area contributed by atoms with E-state index in [2.05, 4.69) is 9.47 Å². The smallest absolute Gasteiger partial charge is 0.362 e. The lowest BCUT2D eigenvalue weighted by Crippen LogP contribution is -2.42. The molecule has 1 saturated heterocycles. The van der Waals surface area contributed by atoms with Crippen LogP contribution in [0.25, 0.3) is 0 Å². The highest BCUT2D eigenvalue weighted by Crippen LogP contribution is 2.08. The van der Waals surface area contributed by atoms with E-state index >= 15 is 0 Å². The quantitative estimate of drug-likeness (QED) is 0.343. The van der Waals surface area contributed by atoms with Crippen molar-refractivity contribution in [3.05, 3.63) is 0 Å². The SMILES string of the molecule is C#CC1OC(=O)C(C#C)OC1=O. The van der Waals surface area contributed by atoms with Crippen LogP contribution in [0.3, 0.4) is 0 Å². The number of ether oxygens (including phenoxy) is 2. The van der Waals surface area contributed by atoms with Crippen molar-refractivity contribution in [2.45, 2.75) is 12.2 Å². The third kappa shape index (κ3) is 1.23. The molecule has 0 N–H and O–H groups in total. The van der Waals surface area contributed by atoms with Crippen molar-refractivity contribution in [2.75, 3.05) is 0 Å². The summed E-state index contributed by atoms with van der Waals surface area (Å²) in [4.78, 5) is 21.6. The Labute approximate surface area is 68.8 Å². The zero-order chi connectivity index (χ0) is 9.14. The van der Waals surface area contributed by atoms with Crippen molar-refractivity contribution >= 4 is 11.9 Å². The van der Waals surface area contributed by atoms with Crippen molar-refractivity contribution in [2.24, 2.45) is 0 Å². The molecule has 0 aromatic carbocycles. The molecule has 0 amide bonds. The summed E-state index contributed by atoms with van der Waals surface area (Å²) in [5.74, 6) is 2.27. The Bertz CT molecular complexity index is 272. The summed E-state index contributed by atoms with van der Waals surface area (Å²) >= 11 is 0. The molecule has 0 aromatic heterocycles. The number of terminal acetylenes is 2. The van der Waals surface area contributed by atoms with Gasteiger partial charge in [-0.1, -0.05) is 11.8 Å². The second-order valence-corrected chi connectivity index (χ2v) is 1.97. The van der Waals surface area contributed by atoms with Crippen LogP contribution in [0.2, 0.25) is 0 Å². The van der Waals surface area contributed by atoms with E-state index in [0.717, 1.165) is 0 Å². The standard InChI is InChI=1S/C8H4O4/c1-3-5-7(9)12-6(4-2)8(10)11-5/h1-2,5-6H. The second-order valence-electron chi connectivity index (χ2n) is 1.97. The fourth-order valence-corrected chi connectivity index (χ4v) is 0.656. The van der Waals surface area contributed by atoms with Gasteiger partial charge in [-0.25, -0.2) is 9.59 Å². The minimum Gasteiger partial charge on any atom is -0.433 e. The highest BCUT2D eigenvalue weighted by Gasteiger charge is 2.35. The van der Waals surface area contributed by atoms with Crippen LogP contribution >= 0.6 is 0 Å². The molecule has 1 rings (SSSR count). The molecule has 0 radical (unpaired) electrons. The molecule has 0 bridgehead atoms. The number of cyclic esters (lactones) is 2. The predicted molar refractivity (Wildman–Crippen MR) is 37.4 cm³/mol. The molecule has 1 fully saturated rings. The Morgan fingerprint density at radius 1 is 1.00 bits per heavy atom. The molecular weight excluding hydrogens is 160 g/mol. The first-order valence-corrected chi connectivity index (χ1v) is 3.02. The van der Waals surface area contributed by atoms with Crippen LogP contribution in [0, 0.1) is 24.7 Å². The van der Waals surface area contributed by atoms with Gasteiger partial charge in [0, 0.05) is 0 Å².